The van der Waals surface area contributed by atoms with Gasteiger partial charge in [-0.3, -0.25) is 4.79 Å². The van der Waals surface area contributed by atoms with Crippen molar-refractivity contribution in [1.82, 2.24) is 0 Å². The highest BCUT2D eigenvalue weighted by Gasteiger charge is 2.52. The van der Waals surface area contributed by atoms with Crippen LogP contribution in [0.25, 0.3) is 0 Å². The number of alkyl halides is 3. The van der Waals surface area contributed by atoms with Gasteiger partial charge in [0.15, 0.2) is 5.60 Å². The smallest absolute Gasteiger partial charge is 0.417 e. The van der Waals surface area contributed by atoms with Gasteiger partial charge in [0.05, 0.1) is 12.2 Å². The Labute approximate surface area is 170 Å². The molecule has 1 unspecified atom stereocenters. The maximum atomic E-state index is 13.3. The Kier molecular flexibility index (Phi) is 10.6. The number of hydrogen-bond donors (Lipinski definition) is 4. The lowest BCUT2D eigenvalue weighted by Crippen LogP contribution is -2.44. The van der Waals surface area contributed by atoms with E-state index in [9.17, 15) is 33.3 Å². The number of aliphatic hydroxyl groups excluding tert-OH is 2. The van der Waals surface area contributed by atoms with Crippen LogP contribution in [0.3, 0.4) is 0 Å². The third-order valence-electron chi connectivity index (χ3n) is 5.88. The fourth-order valence-corrected chi connectivity index (χ4v) is 4.04. The van der Waals surface area contributed by atoms with Gasteiger partial charge in [-0.05, 0) is 25.2 Å². The lowest BCUT2D eigenvalue weighted by molar-refractivity contribution is -0.261. The summed E-state index contributed by atoms with van der Waals surface area (Å²) in [6, 6.07) is 0. The van der Waals surface area contributed by atoms with E-state index in [0.29, 0.717) is 19.3 Å². The molecule has 170 valence electrons. The summed E-state index contributed by atoms with van der Waals surface area (Å²) < 4.78 is 39.8. The molecule has 1 aliphatic carbocycles. The molecule has 0 spiro atoms. The minimum Gasteiger partial charge on any atom is -0.481 e. The van der Waals surface area contributed by atoms with E-state index < -0.39 is 42.3 Å². The standard InChI is InChI=1S/C21H35F3O5/c1-2-3-12-20(29,21(22,23)24)13-8-10-16-15(17(25)14-18(16)26)9-6-4-5-7-11-19(27)28/h8,10,15-18,25-26,29H,2-7,9,11-14H2,1H3,(H,27,28)/t15-,16-,17-,18-,20?/m1/s1. The molecule has 0 saturated heterocycles. The topological polar surface area (TPSA) is 98.0 Å². The summed E-state index contributed by atoms with van der Waals surface area (Å²) in [5, 5.41) is 39.1. The van der Waals surface area contributed by atoms with Crippen molar-refractivity contribution in [2.75, 3.05) is 0 Å². The van der Waals surface area contributed by atoms with Crippen LogP contribution in [-0.4, -0.2) is 50.4 Å². The van der Waals surface area contributed by atoms with Crippen molar-refractivity contribution in [2.45, 2.75) is 102 Å². The monoisotopic (exact) mass is 424 g/mol. The van der Waals surface area contributed by atoms with Crippen LogP contribution in [0.5, 0.6) is 0 Å². The molecule has 1 saturated carbocycles. The van der Waals surface area contributed by atoms with Gasteiger partial charge < -0.3 is 20.4 Å². The second-order valence-electron chi connectivity index (χ2n) is 8.22. The molecule has 1 fully saturated rings. The minimum atomic E-state index is -4.73. The highest BCUT2D eigenvalue weighted by Crippen LogP contribution is 2.40. The largest absolute Gasteiger partial charge is 0.481 e. The van der Waals surface area contributed by atoms with Crippen LogP contribution in [0.4, 0.5) is 13.2 Å². The maximum absolute atomic E-state index is 13.3. The molecular formula is C21H35F3O5. The Bertz CT molecular complexity index is 523. The van der Waals surface area contributed by atoms with E-state index in [4.69, 9.17) is 5.11 Å². The van der Waals surface area contributed by atoms with Gasteiger partial charge >= 0.3 is 12.1 Å². The normalized spacial score (nSPS) is 27.4. The van der Waals surface area contributed by atoms with Crippen molar-refractivity contribution in [3.8, 4) is 0 Å². The molecule has 4 N–H and O–H groups in total. The average molecular weight is 424 g/mol. The maximum Gasteiger partial charge on any atom is 0.417 e. The molecule has 1 aliphatic rings. The first-order valence-corrected chi connectivity index (χ1v) is 10.6. The molecule has 5 nitrogen and oxygen atoms in total. The summed E-state index contributed by atoms with van der Waals surface area (Å²) in [5.41, 5.74) is -2.78. The van der Waals surface area contributed by atoms with E-state index in [-0.39, 0.29) is 31.6 Å². The summed E-state index contributed by atoms with van der Waals surface area (Å²) in [6.07, 6.45) is 0.199. The molecule has 0 aromatic heterocycles. The fourth-order valence-electron chi connectivity index (χ4n) is 4.04. The number of carboxylic acids is 1. The third kappa shape index (κ3) is 8.26. The van der Waals surface area contributed by atoms with Gasteiger partial charge in [0.2, 0.25) is 0 Å². The van der Waals surface area contributed by atoms with Gasteiger partial charge in [-0.25, -0.2) is 0 Å². The first kappa shape index (κ1) is 25.9. The Morgan fingerprint density at radius 2 is 1.72 bits per heavy atom. The molecule has 0 aliphatic heterocycles. The molecule has 0 bridgehead atoms. The molecule has 0 radical (unpaired) electrons. The summed E-state index contributed by atoms with van der Waals surface area (Å²) in [7, 11) is 0. The first-order valence-electron chi connectivity index (χ1n) is 10.6. The number of aliphatic hydroxyl groups is 3. The quantitative estimate of drug-likeness (QED) is 0.262. The van der Waals surface area contributed by atoms with Crippen LogP contribution in [0.15, 0.2) is 12.2 Å². The van der Waals surface area contributed by atoms with E-state index in [2.05, 4.69) is 0 Å². The van der Waals surface area contributed by atoms with Gasteiger partial charge in [-0.1, -0.05) is 51.2 Å². The van der Waals surface area contributed by atoms with Gasteiger partial charge in [0.25, 0.3) is 0 Å². The predicted molar refractivity (Wildman–Crippen MR) is 103 cm³/mol. The molecule has 5 atom stereocenters. The van der Waals surface area contributed by atoms with Gasteiger partial charge in [0, 0.05) is 25.2 Å². The number of unbranched alkanes of at least 4 members (excludes halogenated alkanes) is 4. The van der Waals surface area contributed by atoms with Gasteiger partial charge in [-0.2, -0.15) is 13.2 Å². The summed E-state index contributed by atoms with van der Waals surface area (Å²) in [6.45, 7) is 1.76. The predicted octanol–water partition coefficient (Wildman–Crippen LogP) is 4.20. The highest BCUT2D eigenvalue weighted by molar-refractivity contribution is 5.66. The molecule has 0 heterocycles. The van der Waals surface area contributed by atoms with E-state index in [1.807, 2.05) is 0 Å². The van der Waals surface area contributed by atoms with Crippen molar-refractivity contribution >= 4 is 5.97 Å². The van der Waals surface area contributed by atoms with Crippen LogP contribution in [0.1, 0.15) is 77.6 Å². The molecule has 0 aromatic rings. The van der Waals surface area contributed by atoms with Crippen molar-refractivity contribution in [1.29, 1.82) is 0 Å². The number of carbonyl (C=O) groups is 1. The fraction of sp³-hybridized carbons (Fsp3) is 0.857. The van der Waals surface area contributed by atoms with E-state index in [0.717, 1.165) is 19.3 Å². The summed E-state index contributed by atoms with van der Waals surface area (Å²) in [4.78, 5) is 10.5. The lowest BCUT2D eigenvalue weighted by Gasteiger charge is -2.30. The minimum absolute atomic E-state index is 0.121. The second kappa shape index (κ2) is 11.9. The summed E-state index contributed by atoms with van der Waals surface area (Å²) in [5.74, 6) is -1.54. The van der Waals surface area contributed by atoms with Crippen LogP contribution in [-0.2, 0) is 4.79 Å². The molecular weight excluding hydrogens is 389 g/mol. The lowest BCUT2D eigenvalue weighted by atomic mass is 9.86. The van der Waals surface area contributed by atoms with Crippen LogP contribution in [0, 0.1) is 11.8 Å². The van der Waals surface area contributed by atoms with Crippen molar-refractivity contribution in [2.24, 2.45) is 11.8 Å². The third-order valence-corrected chi connectivity index (χ3v) is 5.88. The van der Waals surface area contributed by atoms with E-state index >= 15 is 0 Å². The van der Waals surface area contributed by atoms with Crippen LogP contribution >= 0.6 is 0 Å². The zero-order valence-electron chi connectivity index (χ0n) is 17.1. The van der Waals surface area contributed by atoms with Crippen LogP contribution in [0.2, 0.25) is 0 Å². The first-order chi connectivity index (χ1) is 13.5. The number of halogens is 3. The van der Waals surface area contributed by atoms with E-state index in [1.54, 1.807) is 6.92 Å². The average Bonchev–Trinajstić information content (AvgIpc) is 2.88. The number of hydrogen-bond acceptors (Lipinski definition) is 4. The van der Waals surface area contributed by atoms with Crippen molar-refractivity contribution in [3.63, 3.8) is 0 Å². The molecule has 8 heteroatoms. The number of carboxylic acid groups (broad SMARTS) is 1. The Hall–Kier alpha value is -1.12. The van der Waals surface area contributed by atoms with E-state index in [1.165, 1.54) is 12.2 Å². The molecule has 1 rings (SSSR count). The zero-order valence-corrected chi connectivity index (χ0v) is 17.1. The van der Waals surface area contributed by atoms with Crippen molar-refractivity contribution in [3.05, 3.63) is 12.2 Å². The van der Waals surface area contributed by atoms with Gasteiger partial charge in [0.1, 0.15) is 0 Å². The number of aliphatic carboxylic acids is 1. The Morgan fingerprint density at radius 1 is 1.07 bits per heavy atom. The highest BCUT2D eigenvalue weighted by atomic mass is 19.4. The SMILES string of the molecule is CCCCC(O)(CC=C[C@@H]1[C@@H](CCCCCCC(=O)O)[C@H](O)C[C@H]1O)C(F)(F)F. The zero-order chi connectivity index (χ0) is 22.1. The Balaban J connectivity index is 2.62. The number of rotatable bonds is 13. The second-order valence-corrected chi connectivity index (χ2v) is 8.22. The molecule has 29 heavy (non-hydrogen) atoms. The van der Waals surface area contributed by atoms with Crippen molar-refractivity contribution < 1.29 is 38.4 Å². The Morgan fingerprint density at radius 3 is 2.31 bits per heavy atom. The summed E-state index contributed by atoms with van der Waals surface area (Å²) >= 11 is 0. The molecule has 0 aromatic carbocycles. The molecule has 0 amide bonds. The van der Waals surface area contributed by atoms with Gasteiger partial charge in [-0.15, -0.1) is 0 Å². The van der Waals surface area contributed by atoms with Crippen LogP contribution < -0.4 is 0 Å².